The van der Waals surface area contributed by atoms with Crippen LogP contribution in [-0.4, -0.2) is 21.5 Å². The largest absolute Gasteiger partial charge is 0.573 e. The number of halogens is 3. The molecule has 0 saturated heterocycles. The lowest BCUT2D eigenvalue weighted by Crippen LogP contribution is -2.17. The van der Waals surface area contributed by atoms with Crippen LogP contribution in [-0.2, 0) is 0 Å². The van der Waals surface area contributed by atoms with Gasteiger partial charge in [0.15, 0.2) is 11.6 Å². The zero-order valence-electron chi connectivity index (χ0n) is 11.1. The predicted octanol–water partition coefficient (Wildman–Crippen LogP) is 4.04. The van der Waals surface area contributed by atoms with Crippen molar-refractivity contribution in [2.75, 3.05) is 0 Å². The van der Waals surface area contributed by atoms with Crippen molar-refractivity contribution in [3.8, 4) is 28.5 Å². The van der Waals surface area contributed by atoms with E-state index in [1.165, 1.54) is 18.2 Å². The molecule has 22 heavy (non-hydrogen) atoms. The fraction of sp³-hybridized carbons (Fsp3) is 0.0667. The van der Waals surface area contributed by atoms with Gasteiger partial charge in [0.05, 0.1) is 0 Å². The van der Waals surface area contributed by atoms with Crippen molar-refractivity contribution in [1.82, 2.24) is 15.2 Å². The number of alkyl halides is 3. The number of benzene rings is 2. The highest BCUT2D eigenvalue weighted by Crippen LogP contribution is 2.27. The monoisotopic (exact) mass is 305 g/mol. The Labute approximate surface area is 123 Å². The normalized spacial score (nSPS) is 11.4. The van der Waals surface area contributed by atoms with Crippen molar-refractivity contribution in [1.29, 1.82) is 0 Å². The average molecular weight is 305 g/mol. The summed E-state index contributed by atoms with van der Waals surface area (Å²) in [5.41, 5.74) is 1.27. The molecule has 0 aliphatic rings. The zero-order chi connectivity index (χ0) is 15.6. The summed E-state index contributed by atoms with van der Waals surface area (Å²) >= 11 is 0. The van der Waals surface area contributed by atoms with Crippen molar-refractivity contribution in [3.63, 3.8) is 0 Å². The van der Waals surface area contributed by atoms with Gasteiger partial charge >= 0.3 is 6.36 Å². The van der Waals surface area contributed by atoms with Gasteiger partial charge in [-0.15, -0.1) is 13.2 Å². The third-order valence-electron chi connectivity index (χ3n) is 2.86. The fourth-order valence-electron chi connectivity index (χ4n) is 1.95. The maximum Gasteiger partial charge on any atom is 0.573 e. The molecule has 0 amide bonds. The Hall–Kier alpha value is -2.83. The van der Waals surface area contributed by atoms with Crippen LogP contribution in [0.4, 0.5) is 13.2 Å². The number of rotatable bonds is 3. The number of ether oxygens (including phenoxy) is 1. The van der Waals surface area contributed by atoms with E-state index >= 15 is 0 Å². The van der Waals surface area contributed by atoms with E-state index < -0.39 is 6.36 Å². The van der Waals surface area contributed by atoms with E-state index in [-0.39, 0.29) is 5.75 Å². The van der Waals surface area contributed by atoms with Crippen LogP contribution in [0.1, 0.15) is 0 Å². The highest BCUT2D eigenvalue weighted by atomic mass is 19.4. The van der Waals surface area contributed by atoms with E-state index in [0.717, 1.165) is 5.56 Å². The van der Waals surface area contributed by atoms with Gasteiger partial charge in [-0.2, -0.15) is 5.10 Å². The van der Waals surface area contributed by atoms with Crippen molar-refractivity contribution >= 4 is 0 Å². The van der Waals surface area contributed by atoms with Gasteiger partial charge in [0.2, 0.25) is 0 Å². The first-order valence-electron chi connectivity index (χ1n) is 6.35. The molecule has 0 radical (unpaired) electrons. The number of aromatic nitrogens is 3. The second kappa shape index (κ2) is 5.51. The molecule has 1 aromatic heterocycles. The van der Waals surface area contributed by atoms with E-state index in [0.29, 0.717) is 17.2 Å². The van der Waals surface area contributed by atoms with E-state index in [1.807, 2.05) is 30.3 Å². The number of aromatic amines is 1. The average Bonchev–Trinajstić information content (AvgIpc) is 2.96. The molecule has 3 aromatic rings. The van der Waals surface area contributed by atoms with E-state index in [4.69, 9.17) is 0 Å². The Morgan fingerprint density at radius 1 is 0.909 bits per heavy atom. The van der Waals surface area contributed by atoms with Crippen LogP contribution in [0.3, 0.4) is 0 Å². The molecule has 1 N–H and O–H groups in total. The standard InChI is InChI=1S/C15H10F3N3O/c16-15(17,18)22-12-8-4-7-11(9-12)14-19-13(20-21-14)10-5-2-1-3-6-10/h1-9H,(H,19,20,21). The molecular formula is C15H10F3N3O. The number of hydrogen-bond donors (Lipinski definition) is 1. The van der Waals surface area contributed by atoms with Gasteiger partial charge in [-0.1, -0.05) is 42.5 Å². The Morgan fingerprint density at radius 3 is 2.36 bits per heavy atom. The molecule has 0 aliphatic carbocycles. The van der Waals surface area contributed by atoms with Gasteiger partial charge in [0.25, 0.3) is 0 Å². The van der Waals surface area contributed by atoms with Gasteiger partial charge in [0, 0.05) is 11.1 Å². The van der Waals surface area contributed by atoms with Gasteiger partial charge < -0.3 is 4.74 Å². The van der Waals surface area contributed by atoms with Crippen molar-refractivity contribution in [2.45, 2.75) is 6.36 Å². The van der Waals surface area contributed by atoms with Crippen LogP contribution in [0.15, 0.2) is 54.6 Å². The quantitative estimate of drug-likeness (QED) is 0.794. The number of hydrogen-bond acceptors (Lipinski definition) is 3. The molecule has 0 spiro atoms. The second-order valence-corrected chi connectivity index (χ2v) is 4.45. The summed E-state index contributed by atoms with van der Waals surface area (Å²) in [4.78, 5) is 4.28. The minimum atomic E-state index is -4.73. The van der Waals surface area contributed by atoms with Crippen LogP contribution in [0.2, 0.25) is 0 Å². The lowest BCUT2D eigenvalue weighted by atomic mass is 10.2. The molecule has 0 fully saturated rings. The maximum atomic E-state index is 12.2. The highest BCUT2D eigenvalue weighted by molar-refractivity contribution is 5.62. The Balaban J connectivity index is 1.89. The Kier molecular flexibility index (Phi) is 3.54. The van der Waals surface area contributed by atoms with Crippen LogP contribution >= 0.6 is 0 Å². The maximum absolute atomic E-state index is 12.2. The van der Waals surface area contributed by atoms with Crippen LogP contribution in [0.25, 0.3) is 22.8 Å². The highest BCUT2D eigenvalue weighted by Gasteiger charge is 2.31. The molecule has 3 rings (SSSR count). The summed E-state index contributed by atoms with van der Waals surface area (Å²) in [5, 5.41) is 6.79. The SMILES string of the molecule is FC(F)(F)Oc1cccc(-c2n[nH]c(-c3ccccc3)n2)c1. The smallest absolute Gasteiger partial charge is 0.406 e. The molecule has 0 atom stereocenters. The summed E-state index contributed by atoms with van der Waals surface area (Å²) < 4.78 is 40.6. The first-order chi connectivity index (χ1) is 10.5. The zero-order valence-corrected chi connectivity index (χ0v) is 11.1. The van der Waals surface area contributed by atoms with Crippen molar-refractivity contribution < 1.29 is 17.9 Å². The minimum absolute atomic E-state index is 0.298. The predicted molar refractivity (Wildman–Crippen MR) is 73.9 cm³/mol. The summed E-state index contributed by atoms with van der Waals surface area (Å²) in [5.74, 6) is 0.528. The molecule has 2 aromatic carbocycles. The van der Waals surface area contributed by atoms with Crippen LogP contribution in [0, 0.1) is 0 Å². The van der Waals surface area contributed by atoms with Gasteiger partial charge in [-0.3, -0.25) is 5.10 Å². The number of nitrogens with zero attached hydrogens (tertiary/aromatic N) is 2. The Morgan fingerprint density at radius 2 is 1.64 bits per heavy atom. The molecule has 0 bridgehead atoms. The summed E-state index contributed by atoms with van der Waals surface area (Å²) in [6.45, 7) is 0. The van der Waals surface area contributed by atoms with Gasteiger partial charge in [0.1, 0.15) is 5.75 Å². The van der Waals surface area contributed by atoms with Gasteiger partial charge in [-0.25, -0.2) is 4.98 Å². The summed E-state index contributed by atoms with van der Waals surface area (Å²) in [6, 6.07) is 14.8. The van der Waals surface area contributed by atoms with Crippen LogP contribution < -0.4 is 4.74 Å². The topological polar surface area (TPSA) is 50.8 Å². The summed E-state index contributed by atoms with van der Waals surface area (Å²) in [6.07, 6.45) is -4.73. The molecule has 0 unspecified atom stereocenters. The van der Waals surface area contributed by atoms with E-state index in [1.54, 1.807) is 6.07 Å². The molecule has 4 nitrogen and oxygen atoms in total. The Bertz CT molecular complexity index is 769. The molecule has 1 heterocycles. The molecule has 0 aliphatic heterocycles. The third-order valence-corrected chi connectivity index (χ3v) is 2.86. The van der Waals surface area contributed by atoms with Crippen LogP contribution in [0.5, 0.6) is 5.75 Å². The van der Waals surface area contributed by atoms with E-state index in [2.05, 4.69) is 19.9 Å². The lowest BCUT2D eigenvalue weighted by Gasteiger charge is -2.08. The third kappa shape index (κ3) is 3.25. The minimum Gasteiger partial charge on any atom is -0.406 e. The molecule has 7 heteroatoms. The van der Waals surface area contributed by atoms with E-state index in [9.17, 15) is 13.2 Å². The molecule has 112 valence electrons. The first-order valence-corrected chi connectivity index (χ1v) is 6.35. The van der Waals surface area contributed by atoms with Crippen molar-refractivity contribution in [2.24, 2.45) is 0 Å². The fourth-order valence-corrected chi connectivity index (χ4v) is 1.95. The number of H-pyrrole nitrogens is 1. The molecule has 0 saturated carbocycles. The van der Waals surface area contributed by atoms with Gasteiger partial charge in [-0.05, 0) is 12.1 Å². The lowest BCUT2D eigenvalue weighted by molar-refractivity contribution is -0.274. The number of nitrogens with one attached hydrogen (secondary N) is 1. The molecular weight excluding hydrogens is 295 g/mol. The second-order valence-electron chi connectivity index (χ2n) is 4.45. The van der Waals surface area contributed by atoms with Crippen molar-refractivity contribution in [3.05, 3.63) is 54.6 Å². The summed E-state index contributed by atoms with van der Waals surface area (Å²) in [7, 11) is 0. The first kappa shape index (κ1) is 14.1.